The van der Waals surface area contributed by atoms with Crippen LogP contribution >= 0.6 is 0 Å². The summed E-state index contributed by atoms with van der Waals surface area (Å²) < 4.78 is 9.13. The lowest BCUT2D eigenvalue weighted by Gasteiger charge is -2.21. The lowest BCUT2D eigenvalue weighted by atomic mass is 9.85. The van der Waals surface area contributed by atoms with Gasteiger partial charge in [0.15, 0.2) is 0 Å². The Morgan fingerprint density at radius 1 is 0.475 bits per heavy atom. The molecule has 4 nitrogen and oxygen atoms in total. The summed E-state index contributed by atoms with van der Waals surface area (Å²) in [7, 11) is 0. The minimum Gasteiger partial charge on any atom is -0.436 e. The normalized spacial score (nSPS) is 13.9. The lowest BCUT2D eigenvalue weighted by Crippen LogP contribution is -2.09. The maximum Gasteiger partial charge on any atom is 0.246 e. The molecule has 0 radical (unpaired) electrons. The van der Waals surface area contributed by atoms with Gasteiger partial charge in [0.25, 0.3) is 0 Å². The molecule has 0 saturated carbocycles. The van der Waals surface area contributed by atoms with Crippen molar-refractivity contribution in [2.45, 2.75) is 18.8 Å². The van der Waals surface area contributed by atoms with Gasteiger partial charge < -0.3 is 8.98 Å². The van der Waals surface area contributed by atoms with Gasteiger partial charge in [-0.25, -0.2) is 9.97 Å². The van der Waals surface area contributed by atoms with Crippen molar-refractivity contribution < 1.29 is 4.42 Å². The monoisotopic (exact) mass is 779 g/mol. The van der Waals surface area contributed by atoms with E-state index in [1.165, 1.54) is 60.1 Å². The van der Waals surface area contributed by atoms with Gasteiger partial charge in [0.2, 0.25) is 5.71 Å². The predicted molar refractivity (Wildman–Crippen MR) is 252 cm³/mol. The largest absolute Gasteiger partial charge is 0.436 e. The first kappa shape index (κ1) is 34.1. The minimum absolute atomic E-state index is 0.0641. The highest BCUT2D eigenvalue weighted by Crippen LogP contribution is 2.47. The number of hydrogen-bond acceptors (Lipinski definition) is 3. The fourth-order valence-electron chi connectivity index (χ4n) is 10.1. The van der Waals surface area contributed by atoms with Gasteiger partial charge >= 0.3 is 0 Å². The molecule has 1 aliphatic carbocycles. The number of aromatic nitrogens is 3. The Labute approximate surface area is 352 Å². The average Bonchev–Trinajstić information content (AvgIpc) is 3.80. The topological polar surface area (TPSA) is 43.9 Å². The third-order valence-corrected chi connectivity index (χ3v) is 13.0. The van der Waals surface area contributed by atoms with Crippen molar-refractivity contribution in [1.29, 1.82) is 0 Å². The van der Waals surface area contributed by atoms with E-state index in [0.29, 0.717) is 5.71 Å². The molecule has 0 unspecified atom stereocenters. The average molecular weight is 780 g/mol. The van der Waals surface area contributed by atoms with Gasteiger partial charge in [-0.05, 0) is 122 Å². The Morgan fingerprint density at radius 2 is 1.11 bits per heavy atom. The van der Waals surface area contributed by atoms with Gasteiger partial charge in [0.1, 0.15) is 11.1 Å². The minimum atomic E-state index is -0.0641. The number of para-hydroxylation sites is 2. The first-order valence-corrected chi connectivity index (χ1v) is 21.2. The van der Waals surface area contributed by atoms with Crippen LogP contribution in [0.1, 0.15) is 29.2 Å². The van der Waals surface area contributed by atoms with Crippen LogP contribution in [-0.2, 0) is 6.42 Å². The van der Waals surface area contributed by atoms with Crippen molar-refractivity contribution in [1.82, 2.24) is 14.5 Å². The number of hydrogen-bond donors (Lipinski definition) is 0. The van der Waals surface area contributed by atoms with E-state index in [-0.39, 0.29) is 5.92 Å². The summed E-state index contributed by atoms with van der Waals surface area (Å²) in [5.74, 6) is -0.0641. The SMILES string of the molecule is c1ccc(-c2ccc3c(c2)oc2nc([C@H]4CCc5cc6ccccc6cc5-c5cc6ccccc6cc54)c(-c4ccc5c6ccccc6n(-c6ccccc6)c5c4)nc23)cc1. The van der Waals surface area contributed by atoms with Crippen LogP contribution in [-0.4, -0.2) is 14.5 Å². The Bertz CT molecular complexity index is 3710. The molecule has 0 saturated heterocycles. The van der Waals surface area contributed by atoms with Crippen LogP contribution in [0, 0.1) is 0 Å². The van der Waals surface area contributed by atoms with Crippen LogP contribution in [0.25, 0.3) is 105 Å². The summed E-state index contributed by atoms with van der Waals surface area (Å²) in [6.45, 7) is 0. The van der Waals surface area contributed by atoms with E-state index in [1.54, 1.807) is 0 Å². The number of aryl methyl sites for hydroxylation is 1. The van der Waals surface area contributed by atoms with Crippen LogP contribution in [0.15, 0.2) is 199 Å². The van der Waals surface area contributed by atoms with Gasteiger partial charge in [-0.1, -0.05) is 140 Å². The van der Waals surface area contributed by atoms with Crippen molar-refractivity contribution >= 4 is 65.6 Å². The molecule has 61 heavy (non-hydrogen) atoms. The number of benzene rings is 9. The van der Waals surface area contributed by atoms with E-state index in [9.17, 15) is 0 Å². The van der Waals surface area contributed by atoms with E-state index < -0.39 is 0 Å². The maximum absolute atomic E-state index is 6.75. The molecule has 4 heteroatoms. The van der Waals surface area contributed by atoms with Crippen LogP contribution in [0.5, 0.6) is 0 Å². The first-order chi connectivity index (χ1) is 30.2. The number of rotatable bonds is 4. The molecule has 286 valence electrons. The van der Waals surface area contributed by atoms with Crippen LogP contribution < -0.4 is 0 Å². The Hall–Kier alpha value is -7.82. The Morgan fingerprint density at radius 3 is 1.92 bits per heavy atom. The van der Waals surface area contributed by atoms with E-state index >= 15 is 0 Å². The molecule has 12 aromatic rings. The molecule has 13 rings (SSSR count). The molecule has 1 aliphatic rings. The molecule has 0 N–H and O–H groups in total. The maximum atomic E-state index is 6.75. The van der Waals surface area contributed by atoms with E-state index in [4.69, 9.17) is 14.4 Å². The van der Waals surface area contributed by atoms with Gasteiger partial charge in [0, 0.05) is 33.3 Å². The molecule has 0 aliphatic heterocycles. The van der Waals surface area contributed by atoms with Gasteiger partial charge in [-0.3, -0.25) is 0 Å². The fraction of sp³-hybridized carbons (Fsp3) is 0.0526. The summed E-state index contributed by atoms with van der Waals surface area (Å²) in [5.41, 5.74) is 15.8. The zero-order chi connectivity index (χ0) is 40.0. The van der Waals surface area contributed by atoms with E-state index in [1.807, 2.05) is 6.07 Å². The second kappa shape index (κ2) is 13.4. The fourth-order valence-corrected chi connectivity index (χ4v) is 10.1. The van der Waals surface area contributed by atoms with Crippen LogP contribution in [0.2, 0.25) is 0 Å². The second-order valence-corrected chi connectivity index (χ2v) is 16.4. The number of nitrogens with zero attached hydrogens (tertiary/aromatic N) is 3. The molecule has 3 heterocycles. The quantitative estimate of drug-likeness (QED) is 0.179. The Kier molecular flexibility index (Phi) is 7.46. The van der Waals surface area contributed by atoms with Crippen LogP contribution in [0.3, 0.4) is 0 Å². The highest BCUT2D eigenvalue weighted by atomic mass is 16.3. The molecule has 1 atom stereocenters. The summed E-state index contributed by atoms with van der Waals surface area (Å²) in [5, 5.41) is 8.35. The zero-order valence-corrected chi connectivity index (χ0v) is 33.2. The molecule has 9 aromatic carbocycles. The molecule has 3 aromatic heterocycles. The molecule has 0 spiro atoms. The van der Waals surface area contributed by atoms with Crippen LogP contribution in [0.4, 0.5) is 0 Å². The van der Waals surface area contributed by atoms with E-state index in [0.717, 1.165) is 68.6 Å². The van der Waals surface area contributed by atoms with Gasteiger partial charge in [-0.2, -0.15) is 0 Å². The van der Waals surface area contributed by atoms with Gasteiger partial charge in [0.05, 0.1) is 22.4 Å². The molecule has 0 amide bonds. The van der Waals surface area contributed by atoms with Crippen molar-refractivity contribution in [2.75, 3.05) is 0 Å². The summed E-state index contributed by atoms with van der Waals surface area (Å²) in [4.78, 5) is 11.3. The lowest BCUT2D eigenvalue weighted by molar-refractivity contribution is 0.640. The molecule has 0 fully saturated rings. The van der Waals surface area contributed by atoms with Crippen molar-refractivity contribution in [2.24, 2.45) is 0 Å². The molecular formula is C57H37N3O. The van der Waals surface area contributed by atoms with Crippen molar-refractivity contribution in [3.05, 3.63) is 211 Å². The summed E-state index contributed by atoms with van der Waals surface area (Å²) >= 11 is 0. The predicted octanol–water partition coefficient (Wildman–Crippen LogP) is 14.9. The molecular weight excluding hydrogens is 743 g/mol. The van der Waals surface area contributed by atoms with Gasteiger partial charge in [-0.15, -0.1) is 0 Å². The summed E-state index contributed by atoms with van der Waals surface area (Å²) in [6, 6.07) is 70.2. The van der Waals surface area contributed by atoms with Crippen molar-refractivity contribution in [3.63, 3.8) is 0 Å². The smallest absolute Gasteiger partial charge is 0.246 e. The zero-order valence-electron chi connectivity index (χ0n) is 33.2. The number of fused-ring (bicyclic) bond motifs is 11. The summed E-state index contributed by atoms with van der Waals surface area (Å²) in [6.07, 6.45) is 1.77. The third kappa shape index (κ3) is 5.39. The highest BCUT2D eigenvalue weighted by Gasteiger charge is 2.30. The Balaban J connectivity index is 1.09. The third-order valence-electron chi connectivity index (χ3n) is 13.0. The standard InChI is InChI=1S/C57H37N3O/c1-3-13-35(14-4-1)40-23-28-47-53(34-40)61-57-56(47)58-54(42-25-26-45-44-21-11-12-22-51(44)60(52(45)33-42)43-19-5-2-6-20-43)55(59-57)46-27-24-41-29-36-15-7-8-16-37(36)30-48(41)50-32-39-18-10-9-17-38(39)31-49(46)50/h1-23,25-26,28-34,46H,24,27H2/t46-/m0/s1. The molecule has 0 bridgehead atoms. The van der Waals surface area contributed by atoms with Crippen molar-refractivity contribution in [3.8, 4) is 39.2 Å². The first-order valence-electron chi connectivity index (χ1n) is 21.2. The second-order valence-electron chi connectivity index (χ2n) is 16.4. The van der Waals surface area contributed by atoms with E-state index in [2.05, 4.69) is 193 Å². The highest BCUT2D eigenvalue weighted by molar-refractivity contribution is 6.10. The number of furan rings is 1.